The van der Waals surface area contributed by atoms with Crippen LogP contribution in [0.4, 0.5) is 16.2 Å². The predicted molar refractivity (Wildman–Crippen MR) is 119 cm³/mol. The third kappa shape index (κ3) is 5.57. The maximum Gasteiger partial charge on any atom is 0.322 e. The van der Waals surface area contributed by atoms with E-state index in [2.05, 4.69) is 10.6 Å². The zero-order chi connectivity index (χ0) is 20.6. The van der Waals surface area contributed by atoms with E-state index < -0.39 is 0 Å². The number of hydrogen-bond donors (Lipinski definition) is 2. The Morgan fingerprint density at radius 1 is 0.862 bits per heavy atom. The van der Waals surface area contributed by atoms with Gasteiger partial charge in [-0.3, -0.25) is 4.79 Å². The standard InChI is InChI=1S/C24H27N3O2/c1-3-18(2)27(24(29)26-21-11-5-4-6-12-21)16-15-23(28)25-22-14-13-19-9-7-8-10-20(19)17-22/h4-14,17-18H,3,15-16H2,1-2H3,(H,25,28)(H,26,29). The van der Waals surface area contributed by atoms with Gasteiger partial charge >= 0.3 is 6.03 Å². The van der Waals surface area contributed by atoms with Crippen molar-refractivity contribution >= 4 is 34.1 Å². The van der Waals surface area contributed by atoms with Gasteiger partial charge < -0.3 is 15.5 Å². The molecule has 0 aliphatic heterocycles. The summed E-state index contributed by atoms with van der Waals surface area (Å²) in [7, 11) is 0. The van der Waals surface area contributed by atoms with E-state index in [1.807, 2.05) is 86.6 Å². The molecule has 0 spiro atoms. The Balaban J connectivity index is 1.60. The van der Waals surface area contributed by atoms with E-state index in [-0.39, 0.29) is 24.4 Å². The average molecular weight is 389 g/mol. The highest BCUT2D eigenvalue weighted by atomic mass is 16.2. The van der Waals surface area contributed by atoms with Crippen molar-refractivity contribution in [1.82, 2.24) is 4.90 Å². The lowest BCUT2D eigenvalue weighted by Gasteiger charge is -2.28. The van der Waals surface area contributed by atoms with Crippen LogP contribution in [-0.2, 0) is 4.79 Å². The van der Waals surface area contributed by atoms with Gasteiger partial charge in [0.15, 0.2) is 0 Å². The minimum Gasteiger partial charge on any atom is -0.326 e. The molecular formula is C24H27N3O2. The Bertz CT molecular complexity index is 972. The van der Waals surface area contributed by atoms with E-state index >= 15 is 0 Å². The first-order valence-electron chi connectivity index (χ1n) is 9.98. The van der Waals surface area contributed by atoms with E-state index in [0.717, 1.165) is 28.6 Å². The summed E-state index contributed by atoms with van der Waals surface area (Å²) >= 11 is 0. The minimum absolute atomic E-state index is 0.0344. The van der Waals surface area contributed by atoms with E-state index in [0.29, 0.717) is 6.54 Å². The molecule has 0 radical (unpaired) electrons. The average Bonchev–Trinajstić information content (AvgIpc) is 2.74. The number of carbonyl (C=O) groups excluding carboxylic acids is 2. The summed E-state index contributed by atoms with van der Waals surface area (Å²) in [6.45, 7) is 4.38. The second-order valence-electron chi connectivity index (χ2n) is 7.11. The molecule has 0 aromatic heterocycles. The summed E-state index contributed by atoms with van der Waals surface area (Å²) in [5.74, 6) is -0.110. The number of urea groups is 1. The highest BCUT2D eigenvalue weighted by molar-refractivity contribution is 5.95. The molecule has 1 unspecified atom stereocenters. The molecule has 5 nitrogen and oxygen atoms in total. The quantitative estimate of drug-likeness (QED) is 0.560. The Labute approximate surface area is 171 Å². The van der Waals surface area contributed by atoms with E-state index in [4.69, 9.17) is 0 Å². The van der Waals surface area contributed by atoms with Gasteiger partial charge in [-0.15, -0.1) is 0 Å². The van der Waals surface area contributed by atoms with Gasteiger partial charge in [-0.25, -0.2) is 4.79 Å². The van der Waals surface area contributed by atoms with Crippen molar-refractivity contribution < 1.29 is 9.59 Å². The lowest BCUT2D eigenvalue weighted by molar-refractivity contribution is -0.116. The molecule has 3 rings (SSSR count). The topological polar surface area (TPSA) is 61.4 Å². The van der Waals surface area contributed by atoms with Crippen LogP contribution in [0.3, 0.4) is 0 Å². The fraction of sp³-hybridized carbons (Fsp3) is 0.250. The third-order valence-corrected chi connectivity index (χ3v) is 5.02. The molecule has 3 aromatic carbocycles. The zero-order valence-electron chi connectivity index (χ0n) is 16.9. The molecule has 0 saturated heterocycles. The van der Waals surface area contributed by atoms with Crippen molar-refractivity contribution in [2.24, 2.45) is 0 Å². The highest BCUT2D eigenvalue weighted by Gasteiger charge is 2.20. The lowest BCUT2D eigenvalue weighted by Crippen LogP contribution is -2.42. The summed E-state index contributed by atoms with van der Waals surface area (Å²) < 4.78 is 0. The molecule has 0 fully saturated rings. The Kier molecular flexibility index (Phi) is 6.85. The number of hydrogen-bond acceptors (Lipinski definition) is 2. The van der Waals surface area contributed by atoms with Gasteiger partial charge in [-0.05, 0) is 48.4 Å². The van der Waals surface area contributed by atoms with Crippen LogP contribution in [0.15, 0.2) is 72.8 Å². The lowest BCUT2D eigenvalue weighted by atomic mass is 10.1. The minimum atomic E-state index is -0.191. The van der Waals surface area contributed by atoms with Crippen LogP contribution in [0.1, 0.15) is 26.7 Å². The molecule has 0 aliphatic rings. The smallest absolute Gasteiger partial charge is 0.322 e. The summed E-state index contributed by atoms with van der Waals surface area (Å²) in [5, 5.41) is 8.05. The highest BCUT2D eigenvalue weighted by Crippen LogP contribution is 2.19. The van der Waals surface area contributed by atoms with Crippen LogP contribution in [0, 0.1) is 0 Å². The molecule has 5 heteroatoms. The summed E-state index contributed by atoms with van der Waals surface area (Å²) in [4.78, 5) is 26.9. The van der Waals surface area contributed by atoms with Crippen molar-refractivity contribution in [2.45, 2.75) is 32.7 Å². The maximum absolute atomic E-state index is 12.7. The summed E-state index contributed by atoms with van der Waals surface area (Å²) in [6, 6.07) is 23.1. The van der Waals surface area contributed by atoms with Crippen molar-refractivity contribution in [3.05, 3.63) is 72.8 Å². The molecule has 1 atom stereocenters. The van der Waals surface area contributed by atoms with Gasteiger partial charge in [0.25, 0.3) is 0 Å². The van der Waals surface area contributed by atoms with E-state index in [9.17, 15) is 9.59 Å². The number of carbonyl (C=O) groups is 2. The van der Waals surface area contributed by atoms with Crippen molar-refractivity contribution in [3.8, 4) is 0 Å². The number of nitrogens with zero attached hydrogens (tertiary/aromatic N) is 1. The molecule has 29 heavy (non-hydrogen) atoms. The second-order valence-corrected chi connectivity index (χ2v) is 7.11. The van der Waals surface area contributed by atoms with Crippen LogP contribution in [0.5, 0.6) is 0 Å². The largest absolute Gasteiger partial charge is 0.326 e. The maximum atomic E-state index is 12.7. The molecule has 0 saturated carbocycles. The third-order valence-electron chi connectivity index (χ3n) is 5.02. The van der Waals surface area contributed by atoms with Gasteiger partial charge in [0.2, 0.25) is 5.91 Å². The Morgan fingerprint density at radius 3 is 2.28 bits per heavy atom. The summed E-state index contributed by atoms with van der Waals surface area (Å²) in [5.41, 5.74) is 1.50. The van der Waals surface area contributed by atoms with Gasteiger partial charge in [0, 0.05) is 30.4 Å². The van der Waals surface area contributed by atoms with Gasteiger partial charge in [-0.1, -0.05) is 55.5 Å². The van der Waals surface area contributed by atoms with Gasteiger partial charge in [0.1, 0.15) is 0 Å². The first-order valence-corrected chi connectivity index (χ1v) is 9.98. The summed E-state index contributed by atoms with van der Waals surface area (Å²) in [6.07, 6.45) is 1.05. The van der Waals surface area contributed by atoms with E-state index in [1.165, 1.54) is 0 Å². The number of amides is 3. The number of anilines is 2. The van der Waals surface area contributed by atoms with Crippen molar-refractivity contribution in [2.75, 3.05) is 17.2 Å². The van der Waals surface area contributed by atoms with Crippen LogP contribution in [-0.4, -0.2) is 29.4 Å². The molecule has 0 heterocycles. The number of fused-ring (bicyclic) bond motifs is 1. The molecule has 2 N–H and O–H groups in total. The van der Waals surface area contributed by atoms with Crippen LogP contribution < -0.4 is 10.6 Å². The predicted octanol–water partition coefficient (Wildman–Crippen LogP) is 5.50. The van der Waals surface area contributed by atoms with Gasteiger partial charge in [-0.2, -0.15) is 0 Å². The fourth-order valence-corrected chi connectivity index (χ4v) is 3.17. The van der Waals surface area contributed by atoms with Crippen LogP contribution in [0.2, 0.25) is 0 Å². The number of nitrogens with one attached hydrogen (secondary N) is 2. The van der Waals surface area contributed by atoms with Crippen LogP contribution >= 0.6 is 0 Å². The van der Waals surface area contributed by atoms with E-state index in [1.54, 1.807) is 4.90 Å². The fourth-order valence-electron chi connectivity index (χ4n) is 3.17. The molecule has 3 amide bonds. The van der Waals surface area contributed by atoms with Gasteiger partial charge in [0.05, 0.1) is 0 Å². The Hall–Kier alpha value is -3.34. The molecule has 0 bridgehead atoms. The molecule has 150 valence electrons. The number of benzene rings is 3. The Morgan fingerprint density at radius 2 is 1.55 bits per heavy atom. The SMILES string of the molecule is CCC(C)N(CCC(=O)Nc1ccc2ccccc2c1)C(=O)Nc1ccccc1. The molecular weight excluding hydrogens is 362 g/mol. The first kappa shape index (κ1) is 20.4. The zero-order valence-corrected chi connectivity index (χ0v) is 16.9. The normalized spacial score (nSPS) is 11.7. The molecule has 3 aromatic rings. The monoisotopic (exact) mass is 389 g/mol. The van der Waals surface area contributed by atoms with Crippen LogP contribution in [0.25, 0.3) is 10.8 Å². The molecule has 0 aliphatic carbocycles. The van der Waals surface area contributed by atoms with Crippen molar-refractivity contribution in [3.63, 3.8) is 0 Å². The number of rotatable bonds is 7. The number of para-hydroxylation sites is 1. The first-order chi connectivity index (χ1) is 14.1. The van der Waals surface area contributed by atoms with Crippen molar-refractivity contribution in [1.29, 1.82) is 0 Å². The second kappa shape index (κ2) is 9.73.